The van der Waals surface area contributed by atoms with E-state index in [0.717, 1.165) is 11.3 Å². The minimum Gasteiger partial charge on any atom is -0.376 e. The Morgan fingerprint density at radius 2 is 2.50 bits per heavy atom. The maximum absolute atomic E-state index is 12.1. The topological polar surface area (TPSA) is 66.2 Å². The molecular weight excluding hydrogens is 230 g/mol. The zero-order valence-corrected chi connectivity index (χ0v) is 10.3. The summed E-state index contributed by atoms with van der Waals surface area (Å²) >= 11 is 0. The molecule has 2 rings (SSSR count). The van der Waals surface area contributed by atoms with Crippen LogP contribution in [0.1, 0.15) is 11.3 Å². The van der Waals surface area contributed by atoms with Crippen molar-refractivity contribution < 1.29 is 9.53 Å². The van der Waals surface area contributed by atoms with Crippen molar-refractivity contribution in [3.05, 3.63) is 29.6 Å². The van der Waals surface area contributed by atoms with Gasteiger partial charge in [-0.15, -0.1) is 0 Å². The van der Waals surface area contributed by atoms with Crippen LogP contribution in [0, 0.1) is 18.3 Å². The summed E-state index contributed by atoms with van der Waals surface area (Å²) in [5, 5.41) is 8.98. The van der Waals surface area contributed by atoms with Gasteiger partial charge in [0.15, 0.2) is 0 Å². The van der Waals surface area contributed by atoms with Crippen LogP contribution in [0.2, 0.25) is 0 Å². The minimum atomic E-state index is -0.468. The van der Waals surface area contributed by atoms with Crippen LogP contribution in [-0.4, -0.2) is 41.6 Å². The highest BCUT2D eigenvalue weighted by Crippen LogP contribution is 2.10. The monoisotopic (exact) mass is 245 g/mol. The number of rotatable bonds is 2. The molecule has 18 heavy (non-hydrogen) atoms. The molecule has 1 atom stereocenters. The van der Waals surface area contributed by atoms with Gasteiger partial charge in [0, 0.05) is 18.4 Å². The Balaban J connectivity index is 2.02. The van der Waals surface area contributed by atoms with Crippen molar-refractivity contribution in [1.82, 2.24) is 9.88 Å². The van der Waals surface area contributed by atoms with Gasteiger partial charge in [0.1, 0.15) is 6.04 Å². The van der Waals surface area contributed by atoms with Crippen LogP contribution in [0.3, 0.4) is 0 Å². The number of hydrogen-bond acceptors (Lipinski definition) is 4. The Kier molecular flexibility index (Phi) is 3.90. The number of pyridine rings is 1. The summed E-state index contributed by atoms with van der Waals surface area (Å²) in [7, 11) is 0. The fourth-order valence-electron chi connectivity index (χ4n) is 1.89. The second-order valence-electron chi connectivity index (χ2n) is 4.29. The molecule has 1 saturated heterocycles. The van der Waals surface area contributed by atoms with Gasteiger partial charge in [0.2, 0.25) is 5.91 Å². The predicted octanol–water partition coefficient (Wildman–Crippen LogP) is 0.683. The lowest BCUT2D eigenvalue weighted by molar-refractivity contribution is -0.136. The number of nitriles is 1. The molecule has 2 heterocycles. The van der Waals surface area contributed by atoms with E-state index in [1.807, 2.05) is 19.1 Å². The maximum atomic E-state index is 12.1. The molecule has 0 aromatic carbocycles. The summed E-state index contributed by atoms with van der Waals surface area (Å²) < 4.78 is 5.19. The number of aryl methyl sites for hydroxylation is 1. The van der Waals surface area contributed by atoms with Crippen LogP contribution in [0.4, 0.5) is 0 Å². The van der Waals surface area contributed by atoms with Gasteiger partial charge in [-0.05, 0) is 18.6 Å². The molecule has 0 N–H and O–H groups in total. The van der Waals surface area contributed by atoms with Crippen molar-refractivity contribution in [3.8, 4) is 6.07 Å². The first-order valence-electron chi connectivity index (χ1n) is 5.89. The molecule has 0 saturated carbocycles. The third-order valence-electron chi connectivity index (χ3n) is 2.93. The minimum absolute atomic E-state index is 0.0458. The number of ether oxygens (including phenoxy) is 1. The molecule has 1 aliphatic rings. The molecule has 0 radical (unpaired) electrons. The lowest BCUT2D eigenvalue weighted by Gasteiger charge is -2.31. The average Bonchev–Trinajstić information content (AvgIpc) is 2.41. The Labute approximate surface area is 106 Å². The van der Waals surface area contributed by atoms with Gasteiger partial charge in [-0.2, -0.15) is 5.26 Å². The normalized spacial score (nSPS) is 19.3. The van der Waals surface area contributed by atoms with Gasteiger partial charge in [-0.1, -0.05) is 6.07 Å². The lowest BCUT2D eigenvalue weighted by Crippen LogP contribution is -2.48. The highest BCUT2D eigenvalue weighted by Gasteiger charge is 2.26. The summed E-state index contributed by atoms with van der Waals surface area (Å²) in [4.78, 5) is 17.9. The van der Waals surface area contributed by atoms with E-state index in [2.05, 4.69) is 11.1 Å². The third-order valence-corrected chi connectivity index (χ3v) is 2.93. The average molecular weight is 245 g/mol. The van der Waals surface area contributed by atoms with E-state index in [0.29, 0.717) is 19.8 Å². The van der Waals surface area contributed by atoms with E-state index in [-0.39, 0.29) is 12.3 Å². The molecule has 0 aliphatic carbocycles. The molecule has 1 aromatic rings. The zero-order valence-electron chi connectivity index (χ0n) is 10.3. The van der Waals surface area contributed by atoms with Crippen molar-refractivity contribution in [2.45, 2.75) is 19.4 Å². The van der Waals surface area contributed by atoms with Gasteiger partial charge in [-0.25, -0.2) is 0 Å². The van der Waals surface area contributed by atoms with E-state index >= 15 is 0 Å². The second-order valence-corrected chi connectivity index (χ2v) is 4.29. The number of hydrogen-bond donors (Lipinski definition) is 0. The summed E-state index contributed by atoms with van der Waals surface area (Å²) in [6.07, 6.45) is 1.99. The van der Waals surface area contributed by atoms with E-state index in [9.17, 15) is 4.79 Å². The number of carbonyl (C=O) groups is 1. The van der Waals surface area contributed by atoms with Crippen LogP contribution in [-0.2, 0) is 16.0 Å². The Bertz CT molecular complexity index is 464. The number of nitrogens with zero attached hydrogens (tertiary/aromatic N) is 3. The van der Waals surface area contributed by atoms with Gasteiger partial charge in [-0.3, -0.25) is 9.78 Å². The first-order chi connectivity index (χ1) is 8.70. The van der Waals surface area contributed by atoms with Crippen molar-refractivity contribution in [2.75, 3.05) is 19.8 Å². The first kappa shape index (κ1) is 12.5. The maximum Gasteiger partial charge on any atom is 0.228 e. The standard InChI is InChI=1S/C13H15N3O2/c1-10-2-3-11(8-15-10)6-13(17)16-4-5-18-9-12(16)7-14/h2-3,8,12H,4-6,9H2,1H3/t12-/m1/s1. The fraction of sp³-hybridized carbons (Fsp3) is 0.462. The molecule has 1 aromatic heterocycles. The summed E-state index contributed by atoms with van der Waals surface area (Å²) in [6, 6.07) is 5.40. The van der Waals surface area contributed by atoms with Crippen LogP contribution < -0.4 is 0 Å². The van der Waals surface area contributed by atoms with Gasteiger partial charge in [0.05, 0.1) is 25.7 Å². The van der Waals surface area contributed by atoms with Gasteiger partial charge in [0.25, 0.3) is 0 Å². The van der Waals surface area contributed by atoms with E-state index in [4.69, 9.17) is 10.00 Å². The fourth-order valence-corrected chi connectivity index (χ4v) is 1.89. The molecular formula is C13H15N3O2. The molecule has 94 valence electrons. The Morgan fingerprint density at radius 3 is 3.17 bits per heavy atom. The molecule has 0 bridgehead atoms. The van der Waals surface area contributed by atoms with Crippen LogP contribution in [0.25, 0.3) is 0 Å². The first-order valence-corrected chi connectivity index (χ1v) is 5.89. The smallest absolute Gasteiger partial charge is 0.228 e. The number of aromatic nitrogens is 1. The predicted molar refractivity (Wildman–Crippen MR) is 64.6 cm³/mol. The van der Waals surface area contributed by atoms with E-state index < -0.39 is 6.04 Å². The molecule has 0 spiro atoms. The molecule has 5 nitrogen and oxygen atoms in total. The molecule has 1 aliphatic heterocycles. The highest BCUT2D eigenvalue weighted by atomic mass is 16.5. The van der Waals surface area contributed by atoms with Crippen molar-refractivity contribution >= 4 is 5.91 Å². The van der Waals surface area contributed by atoms with Crippen LogP contribution in [0.5, 0.6) is 0 Å². The zero-order chi connectivity index (χ0) is 13.0. The van der Waals surface area contributed by atoms with E-state index in [1.54, 1.807) is 11.1 Å². The van der Waals surface area contributed by atoms with Gasteiger partial charge >= 0.3 is 0 Å². The summed E-state index contributed by atoms with van der Waals surface area (Å²) in [6.45, 7) is 3.18. The lowest BCUT2D eigenvalue weighted by atomic mass is 10.1. The third kappa shape index (κ3) is 2.84. The summed E-state index contributed by atoms with van der Waals surface area (Å²) in [5.74, 6) is -0.0458. The quantitative estimate of drug-likeness (QED) is 0.768. The number of morpholine rings is 1. The van der Waals surface area contributed by atoms with Crippen LogP contribution in [0.15, 0.2) is 18.3 Å². The number of carbonyl (C=O) groups excluding carboxylic acids is 1. The van der Waals surface area contributed by atoms with E-state index in [1.165, 1.54) is 0 Å². The largest absolute Gasteiger partial charge is 0.376 e. The number of amides is 1. The molecule has 0 unspecified atom stereocenters. The molecule has 1 amide bonds. The highest BCUT2D eigenvalue weighted by molar-refractivity contribution is 5.79. The molecule has 1 fully saturated rings. The summed E-state index contributed by atoms with van der Waals surface area (Å²) in [5.41, 5.74) is 1.79. The van der Waals surface area contributed by atoms with Crippen molar-refractivity contribution in [2.24, 2.45) is 0 Å². The Morgan fingerprint density at radius 1 is 1.67 bits per heavy atom. The van der Waals surface area contributed by atoms with Crippen molar-refractivity contribution in [1.29, 1.82) is 5.26 Å². The molecule has 5 heteroatoms. The SMILES string of the molecule is Cc1ccc(CC(=O)N2CCOC[C@H]2C#N)cn1. The van der Waals surface area contributed by atoms with Crippen molar-refractivity contribution in [3.63, 3.8) is 0 Å². The Hall–Kier alpha value is -1.93. The van der Waals surface area contributed by atoms with Gasteiger partial charge < -0.3 is 9.64 Å². The second kappa shape index (κ2) is 5.61. The van der Waals surface area contributed by atoms with Crippen LogP contribution >= 0.6 is 0 Å².